The Morgan fingerprint density at radius 2 is 1.90 bits per heavy atom. The van der Waals surface area contributed by atoms with Gasteiger partial charge in [0.25, 0.3) is 0 Å². The average molecular weight is 132 g/mol. The fourth-order valence-corrected chi connectivity index (χ4v) is 0.983. The van der Waals surface area contributed by atoms with E-state index in [1.807, 2.05) is 6.92 Å². The van der Waals surface area contributed by atoms with Gasteiger partial charge in [-0.25, -0.2) is 0 Å². The number of hydrogen-bond acceptors (Lipinski definition) is 0. The van der Waals surface area contributed by atoms with E-state index in [2.05, 4.69) is 43.4 Å². The first-order chi connectivity index (χ1) is 4.84. The highest BCUT2D eigenvalue weighted by Gasteiger charge is 1.93. The summed E-state index contributed by atoms with van der Waals surface area (Å²) < 4.78 is 0. The van der Waals surface area contributed by atoms with Crippen LogP contribution in [-0.2, 0) is 0 Å². The monoisotopic (exact) mass is 132 g/mol. The Kier molecular flexibility index (Phi) is 2.27. The Hall–Kier alpha value is -1.04. The van der Waals surface area contributed by atoms with Gasteiger partial charge in [0.05, 0.1) is 0 Å². The molecule has 10 heavy (non-hydrogen) atoms. The van der Waals surface area contributed by atoms with Gasteiger partial charge in [-0.2, -0.15) is 0 Å². The molecular formula is C10H12. The molecule has 52 valence electrons. The van der Waals surface area contributed by atoms with Crippen LogP contribution < -0.4 is 0 Å². The standard InChI is InChI=1S/C10H12/c1-3-6-9(2)10-7-4-5-8-10/h3-8H,1-2H3/b6-3+. The lowest BCUT2D eigenvalue weighted by Crippen LogP contribution is -1.73. The summed E-state index contributed by atoms with van der Waals surface area (Å²) in [5.41, 5.74) is 2.64. The van der Waals surface area contributed by atoms with Gasteiger partial charge in [-0.1, -0.05) is 36.5 Å². The quantitative estimate of drug-likeness (QED) is 0.514. The van der Waals surface area contributed by atoms with Crippen LogP contribution in [0.4, 0.5) is 0 Å². The zero-order valence-electron chi connectivity index (χ0n) is 6.46. The van der Waals surface area contributed by atoms with E-state index in [4.69, 9.17) is 0 Å². The molecule has 0 radical (unpaired) electrons. The third kappa shape index (κ3) is 1.47. The van der Waals surface area contributed by atoms with Crippen molar-refractivity contribution in [2.75, 3.05) is 0 Å². The summed E-state index contributed by atoms with van der Waals surface area (Å²) in [6.45, 7) is 4.15. The largest absolute Gasteiger partial charge is 0.0874 e. The molecule has 0 atom stereocenters. The summed E-state index contributed by atoms with van der Waals surface area (Å²) in [7, 11) is 0. The first-order valence-corrected chi connectivity index (χ1v) is 3.53. The van der Waals surface area contributed by atoms with E-state index < -0.39 is 0 Å². The summed E-state index contributed by atoms with van der Waals surface area (Å²) in [5.74, 6) is 0. The van der Waals surface area contributed by atoms with Gasteiger partial charge in [0.2, 0.25) is 0 Å². The second kappa shape index (κ2) is 3.21. The van der Waals surface area contributed by atoms with E-state index in [-0.39, 0.29) is 0 Å². The number of allylic oxidation sites excluding steroid dienone is 8. The number of rotatable bonds is 1. The Balaban J connectivity index is 2.85. The fraction of sp³-hybridized carbons (Fsp3) is 0.200. The van der Waals surface area contributed by atoms with Crippen molar-refractivity contribution in [2.24, 2.45) is 0 Å². The van der Waals surface area contributed by atoms with Crippen LogP contribution in [0.15, 0.2) is 47.6 Å². The second-order valence-corrected chi connectivity index (χ2v) is 2.36. The van der Waals surface area contributed by atoms with E-state index in [1.54, 1.807) is 0 Å². The van der Waals surface area contributed by atoms with Crippen molar-refractivity contribution in [3.63, 3.8) is 0 Å². The SMILES string of the molecule is C/C=C/C(C)=C1C=CC=C1. The molecule has 0 heterocycles. The van der Waals surface area contributed by atoms with Gasteiger partial charge in [0.15, 0.2) is 0 Å². The zero-order chi connectivity index (χ0) is 7.40. The Labute approximate surface area is 62.3 Å². The van der Waals surface area contributed by atoms with Gasteiger partial charge in [-0.3, -0.25) is 0 Å². The van der Waals surface area contributed by atoms with Gasteiger partial charge in [-0.05, 0) is 25.0 Å². The summed E-state index contributed by atoms with van der Waals surface area (Å²) in [6, 6.07) is 0. The third-order valence-corrected chi connectivity index (χ3v) is 1.53. The van der Waals surface area contributed by atoms with Crippen molar-refractivity contribution in [3.8, 4) is 0 Å². The van der Waals surface area contributed by atoms with Crippen LogP contribution >= 0.6 is 0 Å². The lowest BCUT2D eigenvalue weighted by atomic mass is 10.1. The molecular weight excluding hydrogens is 120 g/mol. The normalized spacial score (nSPS) is 15.6. The molecule has 0 aromatic heterocycles. The van der Waals surface area contributed by atoms with E-state index in [0.717, 1.165) is 0 Å². The molecule has 0 unspecified atom stereocenters. The molecule has 1 aliphatic rings. The van der Waals surface area contributed by atoms with Gasteiger partial charge in [0.1, 0.15) is 0 Å². The van der Waals surface area contributed by atoms with Crippen LogP contribution in [0.3, 0.4) is 0 Å². The predicted molar refractivity (Wildman–Crippen MR) is 45.8 cm³/mol. The van der Waals surface area contributed by atoms with Crippen molar-refractivity contribution in [3.05, 3.63) is 47.6 Å². The highest BCUT2D eigenvalue weighted by molar-refractivity contribution is 5.45. The second-order valence-electron chi connectivity index (χ2n) is 2.36. The minimum atomic E-state index is 1.32. The van der Waals surface area contributed by atoms with Crippen molar-refractivity contribution in [1.29, 1.82) is 0 Å². The van der Waals surface area contributed by atoms with Crippen molar-refractivity contribution in [1.82, 2.24) is 0 Å². The molecule has 0 aromatic carbocycles. The van der Waals surface area contributed by atoms with Crippen LogP contribution in [0.25, 0.3) is 0 Å². The molecule has 0 aromatic rings. The molecule has 0 aliphatic heterocycles. The lowest BCUT2D eigenvalue weighted by Gasteiger charge is -1.93. The van der Waals surface area contributed by atoms with Gasteiger partial charge in [0, 0.05) is 0 Å². The van der Waals surface area contributed by atoms with Crippen LogP contribution in [0, 0.1) is 0 Å². The third-order valence-electron chi connectivity index (χ3n) is 1.53. The van der Waals surface area contributed by atoms with E-state index in [0.29, 0.717) is 0 Å². The van der Waals surface area contributed by atoms with Crippen LogP contribution in [0.5, 0.6) is 0 Å². The fourth-order valence-electron chi connectivity index (χ4n) is 0.983. The molecule has 0 nitrogen and oxygen atoms in total. The topological polar surface area (TPSA) is 0 Å². The Bertz CT molecular complexity index is 210. The molecule has 0 bridgehead atoms. The highest BCUT2D eigenvalue weighted by atomic mass is 14.0. The molecule has 0 fully saturated rings. The van der Waals surface area contributed by atoms with Gasteiger partial charge < -0.3 is 0 Å². The maximum absolute atomic E-state index is 2.12. The summed E-state index contributed by atoms with van der Waals surface area (Å²) in [5, 5.41) is 0. The highest BCUT2D eigenvalue weighted by Crippen LogP contribution is 2.13. The molecule has 0 heteroatoms. The lowest BCUT2D eigenvalue weighted by molar-refractivity contribution is 1.45. The molecule has 0 saturated carbocycles. The molecule has 1 rings (SSSR count). The smallest absolute Gasteiger partial charge is 0.0227 e. The zero-order valence-corrected chi connectivity index (χ0v) is 6.46. The maximum atomic E-state index is 2.12. The first kappa shape index (κ1) is 7.07. The first-order valence-electron chi connectivity index (χ1n) is 3.53. The minimum Gasteiger partial charge on any atom is -0.0874 e. The van der Waals surface area contributed by atoms with E-state index in [1.165, 1.54) is 11.1 Å². The molecule has 1 aliphatic carbocycles. The van der Waals surface area contributed by atoms with Crippen molar-refractivity contribution in [2.45, 2.75) is 13.8 Å². The molecule has 0 amide bonds. The van der Waals surface area contributed by atoms with Crippen molar-refractivity contribution >= 4 is 0 Å². The summed E-state index contributed by atoms with van der Waals surface area (Å²) in [4.78, 5) is 0. The van der Waals surface area contributed by atoms with Gasteiger partial charge >= 0.3 is 0 Å². The Morgan fingerprint density at radius 3 is 2.40 bits per heavy atom. The van der Waals surface area contributed by atoms with Crippen LogP contribution in [0.2, 0.25) is 0 Å². The minimum absolute atomic E-state index is 1.32. The molecule has 0 saturated heterocycles. The predicted octanol–water partition coefficient (Wildman–Crippen LogP) is 3.01. The average Bonchev–Trinajstić information content (AvgIpc) is 2.38. The number of hydrogen-bond donors (Lipinski definition) is 0. The van der Waals surface area contributed by atoms with Gasteiger partial charge in [-0.15, -0.1) is 0 Å². The molecule has 0 N–H and O–H groups in total. The maximum Gasteiger partial charge on any atom is -0.0227 e. The Morgan fingerprint density at radius 1 is 1.30 bits per heavy atom. The van der Waals surface area contributed by atoms with E-state index in [9.17, 15) is 0 Å². The van der Waals surface area contributed by atoms with Crippen molar-refractivity contribution < 1.29 is 0 Å². The van der Waals surface area contributed by atoms with Crippen LogP contribution in [-0.4, -0.2) is 0 Å². The summed E-state index contributed by atoms with van der Waals surface area (Å²) in [6.07, 6.45) is 12.5. The van der Waals surface area contributed by atoms with Crippen LogP contribution in [0.1, 0.15) is 13.8 Å². The van der Waals surface area contributed by atoms with E-state index >= 15 is 0 Å². The summed E-state index contributed by atoms with van der Waals surface area (Å²) >= 11 is 0. The molecule has 0 spiro atoms.